The Bertz CT molecular complexity index is 1290. The monoisotopic (exact) mass is 444 g/mol. The number of hydrogen-bond donors (Lipinski definition) is 4. The second kappa shape index (κ2) is 9.34. The standard InChI is InChI=1S/C25H20N2O6/c1-32-22-11-12-26-20(22)13-18-24-16(3-2-4-19(24)27-25(18)31)7-10-21(28)15-5-8-17(9-6-15)33-14-23(29)30/h2-6,8-9,11-13,21,26,28H,14H2,1H3,(H,27,31)(H,29,30). The quantitative estimate of drug-likeness (QED) is 0.343. The predicted molar refractivity (Wildman–Crippen MR) is 122 cm³/mol. The molecule has 1 amide bonds. The van der Waals surface area contributed by atoms with Crippen LogP contribution in [0.2, 0.25) is 0 Å². The van der Waals surface area contributed by atoms with E-state index in [1.165, 1.54) is 0 Å². The van der Waals surface area contributed by atoms with Crippen molar-refractivity contribution in [3.05, 3.63) is 77.1 Å². The fourth-order valence-corrected chi connectivity index (χ4v) is 3.42. The molecule has 1 aromatic heterocycles. The fourth-order valence-electron chi connectivity index (χ4n) is 3.42. The van der Waals surface area contributed by atoms with Crippen molar-refractivity contribution in [2.24, 2.45) is 0 Å². The van der Waals surface area contributed by atoms with Crippen LogP contribution in [0.4, 0.5) is 5.69 Å². The molecule has 8 heteroatoms. The molecule has 0 radical (unpaired) electrons. The van der Waals surface area contributed by atoms with Crippen molar-refractivity contribution in [2.45, 2.75) is 6.10 Å². The molecule has 0 saturated carbocycles. The Labute approximate surface area is 189 Å². The Hall–Kier alpha value is -4.48. The van der Waals surface area contributed by atoms with E-state index in [2.05, 4.69) is 22.1 Å². The number of amides is 1. The summed E-state index contributed by atoms with van der Waals surface area (Å²) in [6, 6.07) is 13.5. The van der Waals surface area contributed by atoms with Gasteiger partial charge in [0.1, 0.15) is 17.6 Å². The van der Waals surface area contributed by atoms with E-state index in [0.717, 1.165) is 0 Å². The third kappa shape index (κ3) is 4.74. The molecular formula is C25H20N2O6. The Morgan fingerprint density at radius 2 is 1.97 bits per heavy atom. The average molecular weight is 444 g/mol. The number of carbonyl (C=O) groups excluding carboxylic acids is 1. The van der Waals surface area contributed by atoms with Crippen LogP contribution in [-0.4, -0.2) is 40.8 Å². The van der Waals surface area contributed by atoms with Gasteiger partial charge in [-0.05, 0) is 42.0 Å². The molecule has 0 aliphatic carbocycles. The summed E-state index contributed by atoms with van der Waals surface area (Å²) in [5.74, 6) is 5.43. The number of hydrogen-bond acceptors (Lipinski definition) is 5. The number of aliphatic carboxylic acids is 1. The lowest BCUT2D eigenvalue weighted by Crippen LogP contribution is -2.09. The molecule has 0 saturated heterocycles. The number of nitrogens with one attached hydrogen (secondary N) is 2. The molecule has 166 valence electrons. The lowest BCUT2D eigenvalue weighted by molar-refractivity contribution is -0.139. The maximum Gasteiger partial charge on any atom is 0.341 e. The molecule has 4 N–H and O–H groups in total. The van der Waals surface area contributed by atoms with Gasteiger partial charge >= 0.3 is 5.97 Å². The van der Waals surface area contributed by atoms with Crippen LogP contribution >= 0.6 is 0 Å². The number of rotatable bonds is 6. The van der Waals surface area contributed by atoms with Crippen molar-refractivity contribution in [3.63, 3.8) is 0 Å². The number of aliphatic hydroxyl groups is 1. The van der Waals surface area contributed by atoms with Crippen molar-refractivity contribution in [1.82, 2.24) is 4.98 Å². The van der Waals surface area contributed by atoms with E-state index in [-0.39, 0.29) is 5.91 Å². The van der Waals surface area contributed by atoms with Gasteiger partial charge in [-0.15, -0.1) is 0 Å². The summed E-state index contributed by atoms with van der Waals surface area (Å²) in [5, 5.41) is 22.0. The number of methoxy groups -OCH3 is 1. The molecule has 1 unspecified atom stereocenters. The first-order chi connectivity index (χ1) is 16.0. The smallest absolute Gasteiger partial charge is 0.341 e. The summed E-state index contributed by atoms with van der Waals surface area (Å²) in [6.07, 6.45) is 2.34. The van der Waals surface area contributed by atoms with Crippen molar-refractivity contribution in [1.29, 1.82) is 0 Å². The molecule has 3 aromatic rings. The van der Waals surface area contributed by atoms with Crippen LogP contribution in [0.1, 0.15) is 28.5 Å². The first-order valence-electron chi connectivity index (χ1n) is 9.98. The van der Waals surface area contributed by atoms with Crippen molar-refractivity contribution in [3.8, 4) is 23.3 Å². The van der Waals surface area contributed by atoms with Gasteiger partial charge in [-0.1, -0.05) is 30.0 Å². The summed E-state index contributed by atoms with van der Waals surface area (Å²) >= 11 is 0. The second-order valence-electron chi connectivity index (χ2n) is 7.12. The lowest BCUT2D eigenvalue weighted by atomic mass is 9.99. The van der Waals surface area contributed by atoms with Gasteiger partial charge in [-0.3, -0.25) is 4.79 Å². The van der Waals surface area contributed by atoms with Gasteiger partial charge in [0.2, 0.25) is 0 Å². The van der Waals surface area contributed by atoms with Gasteiger partial charge in [0.25, 0.3) is 5.91 Å². The summed E-state index contributed by atoms with van der Waals surface area (Å²) in [7, 11) is 1.55. The summed E-state index contributed by atoms with van der Waals surface area (Å²) < 4.78 is 10.4. The molecule has 4 rings (SSSR count). The van der Waals surface area contributed by atoms with Crippen molar-refractivity contribution in [2.75, 3.05) is 19.0 Å². The minimum atomic E-state index is -1.09. The number of ether oxygens (including phenoxy) is 2. The molecule has 2 heterocycles. The number of carboxylic acids is 1. The van der Waals surface area contributed by atoms with Crippen LogP contribution in [0, 0.1) is 11.8 Å². The molecule has 1 atom stereocenters. The van der Waals surface area contributed by atoms with Gasteiger partial charge in [0.15, 0.2) is 6.61 Å². The van der Waals surface area contributed by atoms with E-state index < -0.39 is 18.7 Å². The molecule has 0 spiro atoms. The minimum Gasteiger partial charge on any atom is -0.495 e. The van der Waals surface area contributed by atoms with Crippen LogP contribution < -0.4 is 14.8 Å². The molecule has 0 bridgehead atoms. The Balaban J connectivity index is 1.61. The Kier molecular flexibility index (Phi) is 6.15. The average Bonchev–Trinajstić information content (AvgIpc) is 3.40. The number of carboxylic acid groups (broad SMARTS) is 1. The second-order valence-corrected chi connectivity index (χ2v) is 7.12. The van der Waals surface area contributed by atoms with E-state index in [1.807, 2.05) is 0 Å². The zero-order valence-corrected chi connectivity index (χ0v) is 17.6. The van der Waals surface area contributed by atoms with Crippen LogP contribution in [0.3, 0.4) is 0 Å². The normalized spacial score (nSPS) is 14.1. The number of aromatic amines is 1. The van der Waals surface area contributed by atoms with E-state index in [9.17, 15) is 14.7 Å². The van der Waals surface area contributed by atoms with Crippen LogP contribution in [0.5, 0.6) is 11.5 Å². The highest BCUT2D eigenvalue weighted by atomic mass is 16.5. The molecule has 2 aromatic carbocycles. The van der Waals surface area contributed by atoms with Gasteiger partial charge in [0, 0.05) is 17.3 Å². The number of H-pyrrole nitrogens is 1. The van der Waals surface area contributed by atoms with Gasteiger partial charge < -0.3 is 30.0 Å². The summed E-state index contributed by atoms with van der Waals surface area (Å²) in [6.45, 7) is -0.447. The fraction of sp³-hybridized carbons (Fsp3) is 0.120. The largest absolute Gasteiger partial charge is 0.495 e. The summed E-state index contributed by atoms with van der Waals surface area (Å²) in [4.78, 5) is 26.3. The highest BCUT2D eigenvalue weighted by molar-refractivity contribution is 6.35. The number of aromatic nitrogens is 1. The van der Waals surface area contributed by atoms with Gasteiger partial charge in [-0.2, -0.15) is 0 Å². The van der Waals surface area contributed by atoms with E-state index >= 15 is 0 Å². The third-order valence-electron chi connectivity index (χ3n) is 4.98. The van der Waals surface area contributed by atoms with Crippen molar-refractivity contribution >= 4 is 29.2 Å². The maximum atomic E-state index is 12.6. The van der Waals surface area contributed by atoms with Gasteiger partial charge in [-0.25, -0.2) is 4.79 Å². The van der Waals surface area contributed by atoms with Crippen LogP contribution in [0.15, 0.2) is 54.7 Å². The lowest BCUT2D eigenvalue weighted by Gasteiger charge is -2.07. The molecule has 1 aliphatic rings. The molecule has 8 nitrogen and oxygen atoms in total. The highest BCUT2D eigenvalue weighted by Gasteiger charge is 2.27. The first-order valence-corrected chi connectivity index (χ1v) is 9.98. The van der Waals surface area contributed by atoms with E-state index in [1.54, 1.807) is 67.9 Å². The van der Waals surface area contributed by atoms with Crippen LogP contribution in [-0.2, 0) is 9.59 Å². The molecule has 33 heavy (non-hydrogen) atoms. The Morgan fingerprint density at radius 1 is 1.18 bits per heavy atom. The number of benzene rings is 2. The number of anilines is 1. The highest BCUT2D eigenvalue weighted by Crippen LogP contribution is 2.36. The molecule has 0 fully saturated rings. The number of carbonyl (C=O) groups is 2. The number of fused-ring (bicyclic) bond motifs is 1. The first kappa shape index (κ1) is 21.7. The Morgan fingerprint density at radius 3 is 2.70 bits per heavy atom. The maximum absolute atomic E-state index is 12.6. The topological polar surface area (TPSA) is 121 Å². The predicted octanol–water partition coefficient (Wildman–Crippen LogP) is 3.06. The minimum absolute atomic E-state index is 0.256. The SMILES string of the molecule is COc1cc[nH]c1C=C1C(=O)Nc2cccc(C#CC(O)c3ccc(OCC(=O)O)cc3)c21. The molecule has 1 aliphatic heterocycles. The van der Waals surface area contributed by atoms with E-state index in [0.29, 0.717) is 45.1 Å². The third-order valence-corrected chi connectivity index (χ3v) is 4.98. The van der Waals surface area contributed by atoms with E-state index in [4.69, 9.17) is 14.6 Å². The van der Waals surface area contributed by atoms with Gasteiger partial charge in [0.05, 0.1) is 24.1 Å². The zero-order valence-electron chi connectivity index (χ0n) is 17.6. The summed E-state index contributed by atoms with van der Waals surface area (Å²) in [5.41, 5.74) is 3.49. The van der Waals surface area contributed by atoms with Crippen molar-refractivity contribution < 1.29 is 29.3 Å². The van der Waals surface area contributed by atoms with Crippen LogP contribution in [0.25, 0.3) is 11.6 Å². The molecular weight excluding hydrogens is 424 g/mol. The zero-order chi connectivity index (χ0) is 23.4. The number of aliphatic hydroxyl groups excluding tert-OH is 1.